The highest BCUT2D eigenvalue weighted by Crippen LogP contribution is 2.47. The van der Waals surface area contributed by atoms with Gasteiger partial charge in [-0.25, -0.2) is 18.2 Å². The van der Waals surface area contributed by atoms with E-state index in [4.69, 9.17) is 32.5 Å². The van der Waals surface area contributed by atoms with Gasteiger partial charge >= 0.3 is 6.01 Å². The number of thiophene rings is 1. The summed E-state index contributed by atoms with van der Waals surface area (Å²) in [5.41, 5.74) is 11.6. The van der Waals surface area contributed by atoms with E-state index in [0.717, 1.165) is 11.3 Å². The number of nitrogen functional groups attached to an aromatic ring is 2. The lowest BCUT2D eigenvalue weighted by molar-refractivity contribution is 0.117. The Morgan fingerprint density at radius 1 is 1.13 bits per heavy atom. The Kier molecular flexibility index (Phi) is 8.28. The molecule has 1 aliphatic rings. The van der Waals surface area contributed by atoms with E-state index in [-0.39, 0.29) is 61.1 Å². The Labute approximate surface area is 270 Å². The molecule has 238 valence electrons. The molecule has 10 nitrogen and oxygen atoms in total. The van der Waals surface area contributed by atoms with Crippen molar-refractivity contribution in [3.05, 3.63) is 64.1 Å². The number of benzene rings is 2. The van der Waals surface area contributed by atoms with Gasteiger partial charge in [-0.1, -0.05) is 17.7 Å². The number of nitriles is 1. The second kappa shape index (κ2) is 12.1. The molecular formula is C31H28ClF3N8O2S. The second-order valence-corrected chi connectivity index (χ2v) is 12.6. The summed E-state index contributed by atoms with van der Waals surface area (Å²) in [6.07, 6.45) is 1.09. The van der Waals surface area contributed by atoms with Crippen LogP contribution in [0, 0.1) is 28.8 Å². The minimum absolute atomic E-state index is 0.0413. The van der Waals surface area contributed by atoms with Crippen molar-refractivity contribution in [2.75, 3.05) is 50.7 Å². The molecule has 46 heavy (non-hydrogen) atoms. The number of rotatable bonds is 7. The zero-order valence-electron chi connectivity index (χ0n) is 25.1. The molecule has 0 unspecified atom stereocenters. The van der Waals surface area contributed by atoms with Crippen molar-refractivity contribution in [2.24, 2.45) is 0 Å². The molecule has 0 spiro atoms. The number of anilines is 3. The van der Waals surface area contributed by atoms with Crippen LogP contribution in [0.25, 0.3) is 32.1 Å². The molecule has 3 atom stereocenters. The van der Waals surface area contributed by atoms with Gasteiger partial charge in [0.05, 0.1) is 40.6 Å². The molecule has 5 aromatic rings. The van der Waals surface area contributed by atoms with Crippen LogP contribution in [0.3, 0.4) is 0 Å². The van der Waals surface area contributed by atoms with E-state index < -0.39 is 40.7 Å². The number of nitrogens with two attached hydrogens (primary N) is 2. The molecule has 0 amide bonds. The molecule has 4 N–H and O–H groups in total. The van der Waals surface area contributed by atoms with Gasteiger partial charge < -0.3 is 30.7 Å². The Bertz CT molecular complexity index is 2050. The Morgan fingerprint density at radius 2 is 1.89 bits per heavy atom. The van der Waals surface area contributed by atoms with Gasteiger partial charge in [0.2, 0.25) is 0 Å². The van der Waals surface area contributed by atoms with E-state index in [2.05, 4.69) is 15.0 Å². The third-order valence-corrected chi connectivity index (χ3v) is 9.58. The zero-order chi connectivity index (χ0) is 33.0. The standard InChI is InChI=1S/C31H28ClF3N8O2S/c1-13(14-6-5-7-39-28(14)37)43(4)30-15-8-17(32)23(24-18(33)9-19(34)27-22(24)16(10-36)29(38)46-27)25(35)26(15)40-31(41-30)45-21-12-44-11-20(21)42(2)3/h5-9,13,20-21H,11-12,38H2,1-4H3,(H2,37,39)/t13-,20+,21+/m1/s1. The lowest BCUT2D eigenvalue weighted by Crippen LogP contribution is -2.41. The van der Waals surface area contributed by atoms with Crippen LogP contribution >= 0.6 is 22.9 Å². The highest BCUT2D eigenvalue weighted by Gasteiger charge is 2.34. The number of fused-ring (bicyclic) bond motifs is 2. The molecule has 1 saturated heterocycles. The smallest absolute Gasteiger partial charge is 0.319 e. The summed E-state index contributed by atoms with van der Waals surface area (Å²) in [5, 5.41) is 9.55. The average Bonchev–Trinajstić information content (AvgIpc) is 3.62. The lowest BCUT2D eigenvalue weighted by atomic mass is 9.96. The zero-order valence-corrected chi connectivity index (χ0v) is 26.7. The fraction of sp³-hybridized carbons (Fsp3) is 0.290. The highest BCUT2D eigenvalue weighted by molar-refractivity contribution is 7.23. The SMILES string of the molecule is C[C@H](c1cccnc1N)N(C)c1nc(O[C@H]2COC[C@@H]2N(C)C)nc2c(F)c(-c3c(F)cc(F)c4sc(N)c(C#N)c34)c(Cl)cc12. The van der Waals surface area contributed by atoms with E-state index >= 15 is 8.78 Å². The normalized spacial score (nSPS) is 17.1. The number of halogens is 4. The summed E-state index contributed by atoms with van der Waals surface area (Å²) in [5.74, 6) is -2.54. The Balaban J connectivity index is 1.61. The van der Waals surface area contributed by atoms with Gasteiger partial charge in [0.1, 0.15) is 46.0 Å². The summed E-state index contributed by atoms with van der Waals surface area (Å²) >= 11 is 7.48. The van der Waals surface area contributed by atoms with Crippen molar-refractivity contribution >= 4 is 60.6 Å². The molecule has 0 radical (unpaired) electrons. The third kappa shape index (κ3) is 5.19. The molecule has 4 heterocycles. The van der Waals surface area contributed by atoms with Gasteiger partial charge in [-0.05, 0) is 33.2 Å². The number of hydrogen-bond acceptors (Lipinski definition) is 11. The van der Waals surface area contributed by atoms with E-state index in [9.17, 15) is 9.65 Å². The van der Waals surface area contributed by atoms with Gasteiger partial charge in [0.25, 0.3) is 0 Å². The van der Waals surface area contributed by atoms with Crippen molar-refractivity contribution in [1.29, 1.82) is 5.26 Å². The molecule has 0 bridgehead atoms. The van der Waals surface area contributed by atoms with Crippen LogP contribution in [0.1, 0.15) is 24.1 Å². The number of nitrogens with zero attached hydrogens (tertiary/aromatic N) is 6. The number of likely N-dealkylation sites (N-methyl/N-ethyl adjacent to an activating group) is 1. The van der Waals surface area contributed by atoms with E-state index in [1.54, 1.807) is 24.2 Å². The van der Waals surface area contributed by atoms with Gasteiger partial charge in [-0.15, -0.1) is 11.3 Å². The molecule has 0 saturated carbocycles. The first kappa shape index (κ1) is 31.6. The Morgan fingerprint density at radius 3 is 2.59 bits per heavy atom. The summed E-state index contributed by atoms with van der Waals surface area (Å²) in [6.45, 7) is 2.53. The molecule has 3 aromatic heterocycles. The van der Waals surface area contributed by atoms with Crippen LogP contribution in [0.2, 0.25) is 5.02 Å². The maximum atomic E-state index is 16.9. The molecule has 0 aliphatic carbocycles. The minimum atomic E-state index is -1.13. The molecule has 1 aliphatic heterocycles. The van der Waals surface area contributed by atoms with Gasteiger partial charge in [-0.3, -0.25) is 0 Å². The fourth-order valence-electron chi connectivity index (χ4n) is 5.72. The van der Waals surface area contributed by atoms with Crippen LogP contribution in [0.5, 0.6) is 6.01 Å². The summed E-state index contributed by atoms with van der Waals surface area (Å²) in [7, 11) is 5.50. The van der Waals surface area contributed by atoms with E-state index in [1.807, 2.05) is 38.1 Å². The molecule has 2 aromatic carbocycles. The topological polar surface area (TPSA) is 139 Å². The van der Waals surface area contributed by atoms with Gasteiger partial charge in [0.15, 0.2) is 5.82 Å². The molecule has 6 rings (SSSR count). The van der Waals surface area contributed by atoms with Crippen molar-refractivity contribution in [3.63, 3.8) is 0 Å². The average molecular weight is 669 g/mol. The lowest BCUT2D eigenvalue weighted by Gasteiger charge is -2.29. The predicted octanol–water partition coefficient (Wildman–Crippen LogP) is 5.92. The molecule has 1 fully saturated rings. The van der Waals surface area contributed by atoms with Crippen LogP contribution < -0.4 is 21.1 Å². The van der Waals surface area contributed by atoms with Crippen molar-refractivity contribution in [1.82, 2.24) is 19.9 Å². The van der Waals surface area contributed by atoms with Crippen molar-refractivity contribution in [2.45, 2.75) is 25.1 Å². The van der Waals surface area contributed by atoms with E-state index in [1.165, 1.54) is 6.07 Å². The number of hydrogen-bond donors (Lipinski definition) is 2. The first-order valence-electron chi connectivity index (χ1n) is 14.1. The van der Waals surface area contributed by atoms with Crippen molar-refractivity contribution in [3.8, 4) is 23.2 Å². The Hall–Kier alpha value is -4.42. The summed E-state index contributed by atoms with van der Waals surface area (Å²) in [6, 6.07) is 6.77. The highest BCUT2D eigenvalue weighted by atomic mass is 35.5. The summed E-state index contributed by atoms with van der Waals surface area (Å²) in [4.78, 5) is 17.0. The number of ether oxygens (including phenoxy) is 2. The summed E-state index contributed by atoms with van der Waals surface area (Å²) < 4.78 is 59.1. The van der Waals surface area contributed by atoms with Crippen LogP contribution in [-0.4, -0.2) is 66.4 Å². The van der Waals surface area contributed by atoms with Crippen LogP contribution in [-0.2, 0) is 4.74 Å². The largest absolute Gasteiger partial charge is 0.456 e. The quantitative estimate of drug-likeness (QED) is 0.215. The molecular weight excluding hydrogens is 641 g/mol. The maximum absolute atomic E-state index is 16.9. The van der Waals surface area contributed by atoms with Gasteiger partial charge in [0, 0.05) is 46.8 Å². The van der Waals surface area contributed by atoms with E-state index in [0.29, 0.717) is 24.1 Å². The van der Waals surface area contributed by atoms with Crippen molar-refractivity contribution < 1.29 is 22.6 Å². The monoisotopic (exact) mass is 668 g/mol. The fourth-order valence-corrected chi connectivity index (χ4v) is 6.94. The number of pyridine rings is 1. The van der Waals surface area contributed by atoms with Gasteiger partial charge in [-0.2, -0.15) is 15.2 Å². The third-order valence-electron chi connectivity index (χ3n) is 8.26. The molecule has 15 heteroatoms. The first-order chi connectivity index (χ1) is 21.9. The first-order valence-corrected chi connectivity index (χ1v) is 15.3. The second-order valence-electron chi connectivity index (χ2n) is 11.1. The maximum Gasteiger partial charge on any atom is 0.319 e. The van der Waals surface area contributed by atoms with Crippen LogP contribution in [0.15, 0.2) is 30.5 Å². The van der Waals surface area contributed by atoms with Crippen LogP contribution in [0.4, 0.5) is 29.8 Å². The minimum Gasteiger partial charge on any atom is -0.456 e. The predicted molar refractivity (Wildman–Crippen MR) is 173 cm³/mol. The number of aromatic nitrogens is 3.